The maximum Gasteiger partial charge on any atom is 0.238 e. The van der Waals surface area contributed by atoms with E-state index in [9.17, 15) is 0 Å². The Morgan fingerprint density at radius 3 is 2.33 bits per heavy atom. The number of rotatable bonds is 2. The zero-order valence-corrected chi connectivity index (χ0v) is 8.27. The molecule has 4 heteroatoms. The summed E-state index contributed by atoms with van der Waals surface area (Å²) in [6.45, 7) is 1.87. The summed E-state index contributed by atoms with van der Waals surface area (Å²) in [7, 11) is 0. The molecule has 0 atom stereocenters. The number of aryl methyl sites for hydroxylation is 1. The second-order valence-corrected chi connectivity index (χ2v) is 3.14. The Balaban J connectivity index is 2.15. The standard InChI is InChI=1S/C11H10N3O/c1-8-2-7-11(14-13-8)15-10-5-3-9(12)4-6-10/h2-7,12H,1H3. The molecule has 0 aliphatic heterocycles. The van der Waals surface area contributed by atoms with Gasteiger partial charge in [-0.05, 0) is 37.3 Å². The van der Waals surface area contributed by atoms with E-state index in [1.807, 2.05) is 13.0 Å². The molecule has 0 aliphatic rings. The van der Waals surface area contributed by atoms with Crippen LogP contribution in [0.2, 0.25) is 0 Å². The van der Waals surface area contributed by atoms with Crippen LogP contribution in [0.1, 0.15) is 5.69 Å². The third kappa shape index (κ3) is 2.43. The summed E-state index contributed by atoms with van der Waals surface area (Å²) in [6.07, 6.45) is 0. The van der Waals surface area contributed by atoms with Crippen molar-refractivity contribution in [1.29, 1.82) is 0 Å². The minimum Gasteiger partial charge on any atom is -0.438 e. The molecule has 0 saturated heterocycles. The fourth-order valence-corrected chi connectivity index (χ4v) is 1.08. The third-order valence-corrected chi connectivity index (χ3v) is 1.85. The molecule has 0 aliphatic carbocycles. The first kappa shape index (κ1) is 9.45. The van der Waals surface area contributed by atoms with Crippen molar-refractivity contribution < 1.29 is 4.74 Å². The number of nitrogens with one attached hydrogen (secondary N) is 1. The van der Waals surface area contributed by atoms with Crippen molar-refractivity contribution in [3.8, 4) is 11.6 Å². The van der Waals surface area contributed by atoms with Crippen LogP contribution in [-0.2, 0) is 0 Å². The van der Waals surface area contributed by atoms with Crippen LogP contribution in [0.5, 0.6) is 11.6 Å². The van der Waals surface area contributed by atoms with Gasteiger partial charge in [-0.15, -0.1) is 5.10 Å². The molecule has 4 nitrogen and oxygen atoms in total. The molecule has 15 heavy (non-hydrogen) atoms. The highest BCUT2D eigenvalue weighted by atomic mass is 16.5. The van der Waals surface area contributed by atoms with Gasteiger partial charge in [0.25, 0.3) is 0 Å². The van der Waals surface area contributed by atoms with E-state index in [-0.39, 0.29) is 0 Å². The molecule has 1 N–H and O–H groups in total. The van der Waals surface area contributed by atoms with Gasteiger partial charge in [0.1, 0.15) is 5.75 Å². The zero-order valence-electron chi connectivity index (χ0n) is 8.27. The van der Waals surface area contributed by atoms with E-state index in [1.54, 1.807) is 30.3 Å². The highest BCUT2D eigenvalue weighted by molar-refractivity contribution is 5.39. The summed E-state index contributed by atoms with van der Waals surface area (Å²) >= 11 is 0. The van der Waals surface area contributed by atoms with E-state index in [0.29, 0.717) is 17.3 Å². The van der Waals surface area contributed by atoms with Crippen molar-refractivity contribution >= 4 is 5.69 Å². The quantitative estimate of drug-likeness (QED) is 0.748. The van der Waals surface area contributed by atoms with Crippen LogP contribution in [0.25, 0.3) is 0 Å². The Kier molecular flexibility index (Phi) is 2.49. The van der Waals surface area contributed by atoms with Crippen LogP contribution in [0.15, 0.2) is 36.4 Å². The largest absolute Gasteiger partial charge is 0.438 e. The molecule has 75 valence electrons. The summed E-state index contributed by atoms with van der Waals surface area (Å²) in [5.41, 5.74) is 8.62. The van der Waals surface area contributed by atoms with E-state index >= 15 is 0 Å². The van der Waals surface area contributed by atoms with Crippen LogP contribution >= 0.6 is 0 Å². The van der Waals surface area contributed by atoms with Gasteiger partial charge in [0.2, 0.25) is 5.88 Å². The average molecular weight is 200 g/mol. The van der Waals surface area contributed by atoms with Gasteiger partial charge < -0.3 is 10.5 Å². The Bertz CT molecular complexity index is 393. The van der Waals surface area contributed by atoms with Gasteiger partial charge >= 0.3 is 0 Å². The lowest BCUT2D eigenvalue weighted by molar-refractivity contribution is 0.454. The van der Waals surface area contributed by atoms with Crippen molar-refractivity contribution in [1.82, 2.24) is 15.9 Å². The number of hydrogen-bond donors (Lipinski definition) is 0. The van der Waals surface area contributed by atoms with E-state index in [2.05, 4.69) is 10.2 Å². The number of aromatic nitrogens is 2. The van der Waals surface area contributed by atoms with Crippen molar-refractivity contribution in [2.45, 2.75) is 6.92 Å². The van der Waals surface area contributed by atoms with Crippen molar-refractivity contribution in [2.24, 2.45) is 0 Å². The molecule has 1 radical (unpaired) electrons. The van der Waals surface area contributed by atoms with E-state index < -0.39 is 0 Å². The molecule has 0 saturated carbocycles. The summed E-state index contributed by atoms with van der Waals surface area (Å²) in [4.78, 5) is 0. The summed E-state index contributed by atoms with van der Waals surface area (Å²) < 4.78 is 5.43. The lowest BCUT2D eigenvalue weighted by Crippen LogP contribution is -1.91. The fraction of sp³-hybridized carbons (Fsp3) is 0.0909. The topological polar surface area (TPSA) is 58.8 Å². The maximum atomic E-state index is 7.32. The number of hydrogen-bond acceptors (Lipinski definition) is 3. The van der Waals surface area contributed by atoms with Gasteiger partial charge in [0.05, 0.1) is 11.4 Å². The van der Waals surface area contributed by atoms with Crippen LogP contribution in [-0.4, -0.2) is 10.2 Å². The van der Waals surface area contributed by atoms with Gasteiger partial charge in [0.15, 0.2) is 0 Å². The van der Waals surface area contributed by atoms with E-state index in [4.69, 9.17) is 10.5 Å². The van der Waals surface area contributed by atoms with Crippen LogP contribution in [0.3, 0.4) is 0 Å². The average Bonchev–Trinajstić information content (AvgIpc) is 2.25. The fourth-order valence-electron chi connectivity index (χ4n) is 1.08. The molecule has 0 amide bonds. The molecule has 1 aromatic carbocycles. The molecule has 2 rings (SSSR count). The highest BCUT2D eigenvalue weighted by Gasteiger charge is 1.98. The Morgan fingerprint density at radius 2 is 1.73 bits per heavy atom. The molecule has 0 bridgehead atoms. The first-order chi connectivity index (χ1) is 7.24. The van der Waals surface area contributed by atoms with Crippen molar-refractivity contribution in [3.05, 3.63) is 42.1 Å². The molecule has 0 unspecified atom stereocenters. The predicted molar refractivity (Wildman–Crippen MR) is 56.0 cm³/mol. The van der Waals surface area contributed by atoms with Crippen LogP contribution in [0.4, 0.5) is 5.69 Å². The molecule has 1 aromatic heterocycles. The smallest absolute Gasteiger partial charge is 0.238 e. The number of benzene rings is 1. The minimum atomic E-state index is 0.456. The SMILES string of the molecule is Cc1ccc(Oc2ccc([NH])cc2)nn1. The second kappa shape index (κ2) is 3.96. The molecular weight excluding hydrogens is 190 g/mol. The van der Waals surface area contributed by atoms with E-state index in [1.165, 1.54) is 0 Å². The predicted octanol–water partition coefficient (Wildman–Crippen LogP) is 2.49. The Labute approximate surface area is 87.7 Å². The zero-order chi connectivity index (χ0) is 10.7. The van der Waals surface area contributed by atoms with Crippen LogP contribution in [0, 0.1) is 6.92 Å². The first-order valence-electron chi connectivity index (χ1n) is 4.54. The molecule has 0 fully saturated rings. The molecular formula is C11H10N3O. The normalized spacial score (nSPS) is 9.93. The maximum absolute atomic E-state index is 7.32. The number of nitrogens with zero attached hydrogens (tertiary/aromatic N) is 2. The van der Waals surface area contributed by atoms with Gasteiger partial charge in [-0.1, -0.05) is 0 Å². The second-order valence-electron chi connectivity index (χ2n) is 3.14. The van der Waals surface area contributed by atoms with E-state index in [0.717, 1.165) is 5.69 Å². The Morgan fingerprint density at radius 1 is 1.00 bits per heavy atom. The lowest BCUT2D eigenvalue weighted by Gasteiger charge is -2.03. The van der Waals surface area contributed by atoms with Crippen molar-refractivity contribution in [2.75, 3.05) is 0 Å². The lowest BCUT2D eigenvalue weighted by atomic mass is 10.3. The molecule has 1 heterocycles. The van der Waals surface area contributed by atoms with Gasteiger partial charge in [-0.2, -0.15) is 5.10 Å². The third-order valence-electron chi connectivity index (χ3n) is 1.85. The Hall–Kier alpha value is -2.10. The summed E-state index contributed by atoms with van der Waals surface area (Å²) in [5, 5.41) is 7.76. The summed E-state index contributed by atoms with van der Waals surface area (Å²) in [6, 6.07) is 10.4. The monoisotopic (exact) mass is 200 g/mol. The van der Waals surface area contributed by atoms with Gasteiger partial charge in [-0.25, -0.2) is 0 Å². The molecule has 0 spiro atoms. The highest BCUT2D eigenvalue weighted by Crippen LogP contribution is 2.19. The minimum absolute atomic E-state index is 0.456. The first-order valence-corrected chi connectivity index (χ1v) is 4.54. The van der Waals surface area contributed by atoms with Crippen molar-refractivity contribution in [3.63, 3.8) is 0 Å². The molecule has 2 aromatic rings. The van der Waals surface area contributed by atoms with Crippen LogP contribution < -0.4 is 10.5 Å². The number of ether oxygens (including phenoxy) is 1. The van der Waals surface area contributed by atoms with Gasteiger partial charge in [-0.3, -0.25) is 0 Å². The summed E-state index contributed by atoms with van der Waals surface area (Å²) in [5.74, 6) is 1.11. The van der Waals surface area contributed by atoms with Gasteiger partial charge in [0, 0.05) is 6.07 Å².